The van der Waals surface area contributed by atoms with Crippen LogP contribution in [-0.4, -0.2) is 53.8 Å². The van der Waals surface area contributed by atoms with Crippen LogP contribution < -0.4 is 4.90 Å². The number of anilines is 1. The predicted octanol–water partition coefficient (Wildman–Crippen LogP) is 2.77. The lowest BCUT2D eigenvalue weighted by atomic mass is 9.95. The molecule has 0 aromatic carbocycles. The van der Waals surface area contributed by atoms with E-state index in [1.54, 1.807) is 4.90 Å². The second-order valence-corrected chi connectivity index (χ2v) is 6.86. The lowest BCUT2D eigenvalue weighted by Gasteiger charge is -2.38. The monoisotopic (exact) mass is 343 g/mol. The number of hydrogen-bond donors (Lipinski definition) is 1. The van der Waals surface area contributed by atoms with Gasteiger partial charge in [0.25, 0.3) is 0 Å². The molecule has 2 saturated heterocycles. The molecule has 7 heteroatoms. The van der Waals surface area contributed by atoms with Gasteiger partial charge in [0.2, 0.25) is 0 Å². The second-order valence-electron chi connectivity index (χ2n) is 6.86. The molecule has 2 aliphatic rings. The maximum atomic E-state index is 13.2. The molecule has 2 aliphatic heterocycles. The first kappa shape index (κ1) is 17.5. The lowest BCUT2D eigenvalue weighted by molar-refractivity contribution is -0.137. The Labute approximate surface area is 140 Å². The Kier molecular flexibility index (Phi) is 5.30. The number of alkyl halides is 3. The number of piperidine rings is 2. The van der Waals surface area contributed by atoms with Crippen molar-refractivity contribution >= 4 is 5.82 Å². The van der Waals surface area contributed by atoms with E-state index in [1.165, 1.54) is 12.3 Å². The van der Waals surface area contributed by atoms with Gasteiger partial charge in [0.05, 0.1) is 11.7 Å². The summed E-state index contributed by atoms with van der Waals surface area (Å²) in [6.45, 7) is 3.86. The fourth-order valence-electron chi connectivity index (χ4n) is 3.74. The SMILES string of the molecule is OC1CCN(CC2CCCN(c3ncccc3C(F)(F)F)C2)CC1. The highest BCUT2D eigenvalue weighted by molar-refractivity contribution is 5.48. The summed E-state index contributed by atoms with van der Waals surface area (Å²) >= 11 is 0. The molecule has 1 aromatic rings. The molecule has 0 aliphatic carbocycles. The van der Waals surface area contributed by atoms with Crippen LogP contribution >= 0.6 is 0 Å². The Hall–Kier alpha value is -1.34. The molecule has 0 spiro atoms. The van der Waals surface area contributed by atoms with Crippen molar-refractivity contribution in [3.05, 3.63) is 23.9 Å². The van der Waals surface area contributed by atoms with Crippen molar-refractivity contribution in [3.63, 3.8) is 0 Å². The van der Waals surface area contributed by atoms with Crippen LogP contribution in [0.3, 0.4) is 0 Å². The van der Waals surface area contributed by atoms with Crippen molar-refractivity contribution in [1.29, 1.82) is 0 Å². The first-order valence-electron chi connectivity index (χ1n) is 8.61. The molecule has 24 heavy (non-hydrogen) atoms. The number of likely N-dealkylation sites (tertiary alicyclic amines) is 1. The zero-order chi connectivity index (χ0) is 17.2. The quantitative estimate of drug-likeness (QED) is 0.916. The Morgan fingerprint density at radius 3 is 2.62 bits per heavy atom. The number of aliphatic hydroxyl groups is 1. The Morgan fingerprint density at radius 1 is 1.17 bits per heavy atom. The first-order chi connectivity index (χ1) is 11.4. The van der Waals surface area contributed by atoms with Crippen molar-refractivity contribution in [2.24, 2.45) is 5.92 Å². The molecule has 4 nitrogen and oxygen atoms in total. The van der Waals surface area contributed by atoms with Crippen LogP contribution in [0.1, 0.15) is 31.2 Å². The molecule has 0 radical (unpaired) electrons. The normalized spacial score (nSPS) is 24.3. The summed E-state index contributed by atoms with van der Waals surface area (Å²) in [4.78, 5) is 8.13. The summed E-state index contributed by atoms with van der Waals surface area (Å²) in [5, 5.41) is 9.58. The summed E-state index contributed by atoms with van der Waals surface area (Å²) in [6, 6.07) is 2.45. The minimum Gasteiger partial charge on any atom is -0.393 e. The smallest absolute Gasteiger partial charge is 0.393 e. The summed E-state index contributed by atoms with van der Waals surface area (Å²) in [7, 11) is 0. The summed E-state index contributed by atoms with van der Waals surface area (Å²) in [5.74, 6) is 0.404. The van der Waals surface area contributed by atoms with E-state index >= 15 is 0 Å². The van der Waals surface area contributed by atoms with E-state index in [-0.39, 0.29) is 11.9 Å². The van der Waals surface area contributed by atoms with Crippen LogP contribution in [0.4, 0.5) is 19.0 Å². The van der Waals surface area contributed by atoms with Crippen LogP contribution in [0.15, 0.2) is 18.3 Å². The maximum Gasteiger partial charge on any atom is 0.419 e. The molecule has 1 unspecified atom stereocenters. The summed E-state index contributed by atoms with van der Waals surface area (Å²) in [6.07, 6.45) is 0.342. The number of halogens is 3. The fraction of sp³-hybridized carbons (Fsp3) is 0.706. The van der Waals surface area contributed by atoms with Gasteiger partial charge in [-0.2, -0.15) is 13.2 Å². The van der Waals surface area contributed by atoms with Gasteiger partial charge in [0.15, 0.2) is 0 Å². The third-order valence-corrected chi connectivity index (χ3v) is 4.98. The van der Waals surface area contributed by atoms with Gasteiger partial charge in [0.1, 0.15) is 5.82 Å². The van der Waals surface area contributed by atoms with Gasteiger partial charge in [-0.25, -0.2) is 4.98 Å². The molecule has 1 aromatic heterocycles. The van der Waals surface area contributed by atoms with Crippen molar-refractivity contribution in [2.45, 2.75) is 38.0 Å². The average Bonchev–Trinajstić information content (AvgIpc) is 2.56. The summed E-state index contributed by atoms with van der Waals surface area (Å²) in [5.41, 5.74) is -0.647. The van der Waals surface area contributed by atoms with Gasteiger partial charge in [-0.1, -0.05) is 0 Å². The Bertz CT molecular complexity index is 544. The molecule has 0 bridgehead atoms. The molecule has 3 heterocycles. The number of rotatable bonds is 3. The van der Waals surface area contributed by atoms with E-state index in [2.05, 4.69) is 9.88 Å². The summed E-state index contributed by atoms with van der Waals surface area (Å²) < 4.78 is 39.6. The second kappa shape index (κ2) is 7.27. The van der Waals surface area contributed by atoms with Gasteiger partial charge >= 0.3 is 6.18 Å². The van der Waals surface area contributed by atoms with E-state index in [4.69, 9.17) is 0 Å². The van der Waals surface area contributed by atoms with E-state index in [0.717, 1.165) is 51.4 Å². The largest absolute Gasteiger partial charge is 0.419 e. The topological polar surface area (TPSA) is 39.6 Å². The number of aromatic nitrogens is 1. The average molecular weight is 343 g/mol. The maximum absolute atomic E-state index is 13.2. The zero-order valence-electron chi connectivity index (χ0n) is 13.7. The van der Waals surface area contributed by atoms with Crippen molar-refractivity contribution in [3.8, 4) is 0 Å². The molecule has 2 fully saturated rings. The lowest BCUT2D eigenvalue weighted by Crippen LogP contribution is -2.44. The number of aliphatic hydroxyl groups excluding tert-OH is 1. The van der Waals surface area contributed by atoms with Crippen molar-refractivity contribution in [2.75, 3.05) is 37.6 Å². The van der Waals surface area contributed by atoms with Crippen molar-refractivity contribution in [1.82, 2.24) is 9.88 Å². The molecule has 0 saturated carbocycles. The molecule has 1 atom stereocenters. The molecule has 134 valence electrons. The number of hydrogen-bond acceptors (Lipinski definition) is 4. The first-order valence-corrected chi connectivity index (χ1v) is 8.61. The predicted molar refractivity (Wildman–Crippen MR) is 85.9 cm³/mol. The molecule has 3 rings (SSSR count). The van der Waals surface area contributed by atoms with Gasteiger partial charge < -0.3 is 14.9 Å². The Balaban J connectivity index is 1.66. The van der Waals surface area contributed by atoms with Crippen LogP contribution in [0.2, 0.25) is 0 Å². The van der Waals surface area contributed by atoms with Crippen LogP contribution in [0.5, 0.6) is 0 Å². The molecule has 0 amide bonds. The standard InChI is InChI=1S/C17H24F3N3O/c18-17(19,20)15-4-1-7-21-16(15)23-8-2-3-13(12-23)11-22-9-5-14(24)6-10-22/h1,4,7,13-14,24H,2-3,5-6,8-12H2. The van der Waals surface area contributed by atoms with E-state index < -0.39 is 11.7 Å². The van der Waals surface area contributed by atoms with E-state index in [0.29, 0.717) is 19.0 Å². The Morgan fingerprint density at radius 2 is 1.92 bits per heavy atom. The van der Waals surface area contributed by atoms with Crippen LogP contribution in [0.25, 0.3) is 0 Å². The minimum atomic E-state index is -4.38. The van der Waals surface area contributed by atoms with Gasteiger partial charge in [0, 0.05) is 38.9 Å². The third-order valence-electron chi connectivity index (χ3n) is 4.98. The highest BCUT2D eigenvalue weighted by Crippen LogP contribution is 2.36. The molecule has 1 N–H and O–H groups in total. The number of pyridine rings is 1. The van der Waals surface area contributed by atoms with E-state index in [1.807, 2.05) is 0 Å². The zero-order valence-corrected chi connectivity index (χ0v) is 13.7. The van der Waals surface area contributed by atoms with Crippen LogP contribution in [0, 0.1) is 5.92 Å². The van der Waals surface area contributed by atoms with Crippen molar-refractivity contribution < 1.29 is 18.3 Å². The molecular formula is C17H24F3N3O. The minimum absolute atomic E-state index is 0.0590. The third kappa shape index (κ3) is 4.19. The highest BCUT2D eigenvalue weighted by Gasteiger charge is 2.36. The van der Waals surface area contributed by atoms with Gasteiger partial charge in [-0.3, -0.25) is 0 Å². The highest BCUT2D eigenvalue weighted by atomic mass is 19.4. The van der Waals surface area contributed by atoms with Gasteiger partial charge in [-0.15, -0.1) is 0 Å². The van der Waals surface area contributed by atoms with E-state index in [9.17, 15) is 18.3 Å². The van der Waals surface area contributed by atoms with Gasteiger partial charge in [-0.05, 0) is 43.7 Å². The van der Waals surface area contributed by atoms with Crippen LogP contribution in [-0.2, 0) is 6.18 Å². The number of nitrogens with zero attached hydrogens (tertiary/aromatic N) is 3. The molecular weight excluding hydrogens is 319 g/mol. The fourth-order valence-corrected chi connectivity index (χ4v) is 3.74.